The highest BCUT2D eigenvalue weighted by atomic mass is 35.5. The number of nitrogens with one attached hydrogen (secondary N) is 1. The standard InChI is InChI=1S/C12H16ClFN2O/c1-12(2,3)10(15)11(17)16-9-7(13)5-4-6-8(9)14/h4-6,10H,15H2,1-3H3,(H,16,17)/t10-/m0/s1. The first-order chi connectivity index (χ1) is 7.73. The van der Waals surface area contributed by atoms with Crippen LogP contribution in [0.3, 0.4) is 0 Å². The summed E-state index contributed by atoms with van der Waals surface area (Å²) in [6.07, 6.45) is 0. The van der Waals surface area contributed by atoms with Gasteiger partial charge in [-0.2, -0.15) is 0 Å². The van der Waals surface area contributed by atoms with E-state index in [-0.39, 0.29) is 10.7 Å². The predicted molar refractivity (Wildman–Crippen MR) is 67.5 cm³/mol. The van der Waals surface area contributed by atoms with Gasteiger partial charge in [-0.1, -0.05) is 38.4 Å². The summed E-state index contributed by atoms with van der Waals surface area (Å²) in [5.74, 6) is -1.03. The van der Waals surface area contributed by atoms with Crippen LogP contribution in [0.15, 0.2) is 18.2 Å². The molecule has 0 saturated carbocycles. The summed E-state index contributed by atoms with van der Waals surface area (Å²) in [6.45, 7) is 5.50. The number of rotatable bonds is 2. The molecule has 5 heteroatoms. The second kappa shape index (κ2) is 5.02. The van der Waals surface area contributed by atoms with Gasteiger partial charge >= 0.3 is 0 Å². The van der Waals surface area contributed by atoms with Crippen LogP contribution in [-0.2, 0) is 4.79 Å². The van der Waals surface area contributed by atoms with Gasteiger partial charge in [-0.15, -0.1) is 0 Å². The van der Waals surface area contributed by atoms with Crippen molar-refractivity contribution in [2.24, 2.45) is 11.1 Å². The molecule has 0 radical (unpaired) electrons. The molecule has 1 atom stereocenters. The molecule has 0 aromatic heterocycles. The second-order valence-electron chi connectivity index (χ2n) is 4.93. The van der Waals surface area contributed by atoms with Crippen LogP contribution >= 0.6 is 11.6 Å². The number of anilines is 1. The first-order valence-electron chi connectivity index (χ1n) is 5.24. The first-order valence-corrected chi connectivity index (χ1v) is 5.61. The summed E-state index contributed by atoms with van der Waals surface area (Å²) in [5.41, 5.74) is 5.33. The molecule has 1 aromatic carbocycles. The van der Waals surface area contributed by atoms with Crippen LogP contribution in [0.25, 0.3) is 0 Å². The SMILES string of the molecule is CC(C)(C)[C@@H](N)C(=O)Nc1c(F)cccc1Cl. The summed E-state index contributed by atoms with van der Waals surface area (Å²) in [5, 5.41) is 2.57. The molecule has 0 aliphatic rings. The Balaban J connectivity index is 2.89. The van der Waals surface area contributed by atoms with Crippen LogP contribution < -0.4 is 11.1 Å². The number of para-hydroxylation sites is 1. The summed E-state index contributed by atoms with van der Waals surface area (Å²) in [6, 6.07) is 3.46. The highest BCUT2D eigenvalue weighted by Crippen LogP contribution is 2.26. The van der Waals surface area contributed by atoms with Crippen molar-refractivity contribution in [3.05, 3.63) is 29.0 Å². The minimum absolute atomic E-state index is 0.0288. The van der Waals surface area contributed by atoms with E-state index in [9.17, 15) is 9.18 Å². The molecule has 0 aliphatic carbocycles. The van der Waals surface area contributed by atoms with Gasteiger partial charge in [0.2, 0.25) is 5.91 Å². The average molecular weight is 259 g/mol. The lowest BCUT2D eigenvalue weighted by atomic mass is 9.87. The zero-order valence-electron chi connectivity index (χ0n) is 10.1. The first kappa shape index (κ1) is 13.9. The van der Waals surface area contributed by atoms with Gasteiger partial charge in [-0.25, -0.2) is 4.39 Å². The van der Waals surface area contributed by atoms with E-state index in [0.29, 0.717) is 0 Å². The lowest BCUT2D eigenvalue weighted by Gasteiger charge is -2.26. The Labute approximate surface area is 105 Å². The summed E-state index contributed by atoms with van der Waals surface area (Å²) >= 11 is 5.80. The summed E-state index contributed by atoms with van der Waals surface area (Å²) in [7, 11) is 0. The van der Waals surface area contributed by atoms with Crippen molar-refractivity contribution in [3.8, 4) is 0 Å². The van der Waals surface area contributed by atoms with Gasteiger partial charge in [-0.3, -0.25) is 4.79 Å². The van der Waals surface area contributed by atoms with Crippen molar-refractivity contribution >= 4 is 23.2 Å². The lowest BCUT2D eigenvalue weighted by Crippen LogP contribution is -2.45. The molecule has 1 amide bonds. The van der Waals surface area contributed by atoms with E-state index >= 15 is 0 Å². The fraction of sp³-hybridized carbons (Fsp3) is 0.417. The largest absolute Gasteiger partial charge is 0.321 e. The van der Waals surface area contributed by atoms with E-state index in [4.69, 9.17) is 17.3 Å². The summed E-state index contributed by atoms with van der Waals surface area (Å²) < 4.78 is 13.4. The average Bonchev–Trinajstić information content (AvgIpc) is 2.21. The third-order valence-corrected chi connectivity index (χ3v) is 2.74. The molecule has 0 bridgehead atoms. The Bertz CT molecular complexity index is 409. The number of carbonyl (C=O) groups is 1. The molecule has 0 aliphatic heterocycles. The van der Waals surface area contributed by atoms with E-state index in [1.54, 1.807) is 0 Å². The van der Waals surface area contributed by atoms with E-state index in [1.165, 1.54) is 18.2 Å². The highest BCUT2D eigenvalue weighted by Gasteiger charge is 2.28. The van der Waals surface area contributed by atoms with Gasteiger partial charge in [-0.05, 0) is 17.5 Å². The number of hydrogen-bond donors (Lipinski definition) is 2. The third-order valence-electron chi connectivity index (χ3n) is 2.43. The number of carbonyl (C=O) groups excluding carboxylic acids is 1. The van der Waals surface area contributed by atoms with Crippen LogP contribution in [0.1, 0.15) is 20.8 Å². The van der Waals surface area contributed by atoms with Gasteiger partial charge in [0.15, 0.2) is 0 Å². The third kappa shape index (κ3) is 3.41. The van der Waals surface area contributed by atoms with Crippen molar-refractivity contribution in [1.82, 2.24) is 0 Å². The van der Waals surface area contributed by atoms with Crippen molar-refractivity contribution in [2.45, 2.75) is 26.8 Å². The van der Waals surface area contributed by atoms with Crippen LogP contribution in [-0.4, -0.2) is 11.9 Å². The number of nitrogens with two attached hydrogens (primary N) is 1. The van der Waals surface area contributed by atoms with Gasteiger partial charge in [0.25, 0.3) is 0 Å². The maximum Gasteiger partial charge on any atom is 0.241 e. The normalized spacial score (nSPS) is 13.3. The molecule has 0 heterocycles. The van der Waals surface area contributed by atoms with Crippen molar-refractivity contribution in [1.29, 1.82) is 0 Å². The van der Waals surface area contributed by atoms with Crippen LogP contribution in [0, 0.1) is 11.2 Å². The second-order valence-corrected chi connectivity index (χ2v) is 5.34. The Morgan fingerprint density at radius 1 is 1.47 bits per heavy atom. The monoisotopic (exact) mass is 258 g/mol. The Morgan fingerprint density at radius 3 is 2.53 bits per heavy atom. The zero-order valence-corrected chi connectivity index (χ0v) is 10.8. The maximum absolute atomic E-state index is 13.4. The molecule has 0 spiro atoms. The zero-order chi connectivity index (χ0) is 13.2. The maximum atomic E-state index is 13.4. The molecule has 3 N–H and O–H groups in total. The smallest absolute Gasteiger partial charge is 0.241 e. The summed E-state index contributed by atoms with van der Waals surface area (Å²) in [4.78, 5) is 11.8. The predicted octanol–water partition coefficient (Wildman–Crippen LogP) is 2.79. The Hall–Kier alpha value is -1.13. The molecule has 3 nitrogen and oxygen atoms in total. The minimum Gasteiger partial charge on any atom is -0.321 e. The van der Waals surface area contributed by atoms with E-state index < -0.39 is 23.2 Å². The quantitative estimate of drug-likeness (QED) is 0.857. The molecular formula is C12H16ClFN2O. The van der Waals surface area contributed by atoms with Gasteiger partial charge in [0, 0.05) is 0 Å². The molecule has 94 valence electrons. The van der Waals surface area contributed by atoms with Crippen LogP contribution in [0.5, 0.6) is 0 Å². The van der Waals surface area contributed by atoms with E-state index in [0.717, 1.165) is 0 Å². The number of amides is 1. The minimum atomic E-state index is -0.738. The van der Waals surface area contributed by atoms with E-state index in [1.807, 2.05) is 20.8 Å². The fourth-order valence-electron chi connectivity index (χ4n) is 1.21. The molecule has 1 rings (SSSR count). The lowest BCUT2D eigenvalue weighted by molar-refractivity contribution is -0.119. The van der Waals surface area contributed by atoms with Gasteiger partial charge < -0.3 is 11.1 Å². The van der Waals surface area contributed by atoms with Gasteiger partial charge in [0.05, 0.1) is 16.8 Å². The van der Waals surface area contributed by atoms with E-state index in [2.05, 4.69) is 5.32 Å². The van der Waals surface area contributed by atoms with Gasteiger partial charge in [0.1, 0.15) is 5.82 Å². The molecule has 0 fully saturated rings. The Morgan fingerprint density at radius 2 is 2.06 bits per heavy atom. The topological polar surface area (TPSA) is 55.1 Å². The highest BCUT2D eigenvalue weighted by molar-refractivity contribution is 6.33. The molecule has 17 heavy (non-hydrogen) atoms. The number of hydrogen-bond acceptors (Lipinski definition) is 2. The van der Waals surface area contributed by atoms with Crippen molar-refractivity contribution in [2.75, 3.05) is 5.32 Å². The number of halogens is 2. The van der Waals surface area contributed by atoms with Crippen molar-refractivity contribution < 1.29 is 9.18 Å². The fourth-order valence-corrected chi connectivity index (χ4v) is 1.42. The Kier molecular flexibility index (Phi) is 4.11. The number of benzene rings is 1. The molecule has 1 aromatic rings. The van der Waals surface area contributed by atoms with Crippen LogP contribution in [0.2, 0.25) is 5.02 Å². The van der Waals surface area contributed by atoms with Crippen LogP contribution in [0.4, 0.5) is 10.1 Å². The van der Waals surface area contributed by atoms with Crippen molar-refractivity contribution in [3.63, 3.8) is 0 Å². The molecule has 0 saturated heterocycles. The molecule has 0 unspecified atom stereocenters. The molecular weight excluding hydrogens is 243 g/mol.